The standard InChI is InChI=1S/C17H20O.C11H16O/c1-13(2)17(16-12-8-7-9-14(16)3)18-15-10-5-4-6-11-15;1-8(2)11(12)10-7-5-4-6-9(10)3/h4-13,17H,1-3H3;4-8,11-12H,1-3H3/t17-;11-/m00/s1. The van der Waals surface area contributed by atoms with E-state index in [2.05, 4.69) is 45.0 Å². The lowest BCUT2D eigenvalue weighted by Crippen LogP contribution is -2.15. The van der Waals surface area contributed by atoms with E-state index in [0.29, 0.717) is 5.92 Å². The lowest BCUT2D eigenvalue weighted by Gasteiger charge is -2.24. The van der Waals surface area contributed by atoms with Crippen molar-refractivity contribution >= 4 is 0 Å². The van der Waals surface area contributed by atoms with Crippen molar-refractivity contribution in [3.63, 3.8) is 0 Å². The van der Waals surface area contributed by atoms with E-state index in [9.17, 15) is 5.11 Å². The number of hydrogen-bond donors (Lipinski definition) is 1. The van der Waals surface area contributed by atoms with Crippen molar-refractivity contribution in [1.29, 1.82) is 0 Å². The number of aliphatic hydroxyl groups excluding tert-OH is 1. The van der Waals surface area contributed by atoms with Gasteiger partial charge in [-0.1, -0.05) is 94.4 Å². The third-order valence-corrected chi connectivity index (χ3v) is 5.25. The van der Waals surface area contributed by atoms with E-state index in [-0.39, 0.29) is 18.1 Å². The zero-order chi connectivity index (χ0) is 22.1. The topological polar surface area (TPSA) is 29.5 Å². The molecule has 30 heavy (non-hydrogen) atoms. The Morgan fingerprint density at radius 2 is 1.07 bits per heavy atom. The van der Waals surface area contributed by atoms with Crippen LogP contribution in [-0.2, 0) is 0 Å². The molecule has 1 N–H and O–H groups in total. The molecule has 2 heteroatoms. The number of rotatable bonds is 6. The highest BCUT2D eigenvalue weighted by molar-refractivity contribution is 5.30. The van der Waals surface area contributed by atoms with E-state index in [1.165, 1.54) is 16.7 Å². The molecule has 0 unspecified atom stereocenters. The fraction of sp³-hybridized carbons (Fsp3) is 0.357. The molecule has 3 rings (SSSR count). The number of aryl methyl sites for hydroxylation is 2. The van der Waals surface area contributed by atoms with Gasteiger partial charge in [0, 0.05) is 0 Å². The molecule has 0 aliphatic carbocycles. The second-order valence-electron chi connectivity index (χ2n) is 8.50. The maximum atomic E-state index is 9.78. The lowest BCUT2D eigenvalue weighted by molar-refractivity contribution is 0.126. The summed E-state index contributed by atoms with van der Waals surface area (Å²) in [4.78, 5) is 0. The molecule has 0 fully saturated rings. The van der Waals surface area contributed by atoms with Crippen LogP contribution in [0.5, 0.6) is 5.75 Å². The Labute approximate surface area is 182 Å². The van der Waals surface area contributed by atoms with Crippen molar-refractivity contribution in [3.8, 4) is 5.75 Å². The molecule has 2 atom stereocenters. The van der Waals surface area contributed by atoms with Crippen LogP contribution in [0.1, 0.15) is 62.2 Å². The summed E-state index contributed by atoms with van der Waals surface area (Å²) < 4.78 is 6.14. The van der Waals surface area contributed by atoms with E-state index in [1.807, 2.05) is 75.4 Å². The second-order valence-corrected chi connectivity index (χ2v) is 8.50. The summed E-state index contributed by atoms with van der Waals surface area (Å²) in [7, 11) is 0. The fourth-order valence-corrected chi connectivity index (χ4v) is 3.39. The van der Waals surface area contributed by atoms with Crippen molar-refractivity contribution in [2.24, 2.45) is 11.8 Å². The largest absolute Gasteiger partial charge is 0.485 e. The summed E-state index contributed by atoms with van der Waals surface area (Å²) in [6.45, 7) is 12.6. The average molecular weight is 405 g/mol. The highest BCUT2D eigenvalue weighted by Gasteiger charge is 2.19. The molecule has 0 spiro atoms. The average Bonchev–Trinajstić information content (AvgIpc) is 2.73. The fourth-order valence-electron chi connectivity index (χ4n) is 3.39. The van der Waals surface area contributed by atoms with Crippen molar-refractivity contribution in [2.75, 3.05) is 0 Å². The van der Waals surface area contributed by atoms with Gasteiger partial charge in [0.1, 0.15) is 11.9 Å². The first-order chi connectivity index (χ1) is 14.3. The minimum atomic E-state index is -0.328. The van der Waals surface area contributed by atoms with E-state index in [4.69, 9.17) is 4.74 Å². The molecular weight excluding hydrogens is 368 g/mol. The summed E-state index contributed by atoms with van der Waals surface area (Å²) in [6.07, 6.45) is -0.222. The molecule has 0 radical (unpaired) electrons. The molecule has 0 saturated carbocycles. The van der Waals surface area contributed by atoms with E-state index in [0.717, 1.165) is 11.3 Å². The summed E-state index contributed by atoms with van der Waals surface area (Å²) in [6, 6.07) is 26.4. The Hall–Kier alpha value is -2.58. The van der Waals surface area contributed by atoms with E-state index in [1.54, 1.807) is 0 Å². The Kier molecular flexibility index (Phi) is 9.14. The van der Waals surface area contributed by atoms with Crippen LogP contribution < -0.4 is 4.74 Å². The number of benzene rings is 3. The van der Waals surface area contributed by atoms with E-state index >= 15 is 0 Å². The molecule has 2 nitrogen and oxygen atoms in total. The molecule has 0 aliphatic heterocycles. The predicted octanol–water partition coefficient (Wildman–Crippen LogP) is 7.46. The molecule has 0 heterocycles. The molecule has 0 amide bonds. The second kappa shape index (κ2) is 11.6. The van der Waals surface area contributed by atoms with Gasteiger partial charge in [-0.25, -0.2) is 0 Å². The van der Waals surface area contributed by atoms with Gasteiger partial charge in [-0.15, -0.1) is 0 Å². The SMILES string of the molecule is Cc1ccccc1[C@@H](O)C(C)C.Cc1ccccc1[C@@H](Oc1ccccc1)C(C)C. The van der Waals surface area contributed by atoms with Gasteiger partial charge in [0.05, 0.1) is 6.10 Å². The van der Waals surface area contributed by atoms with E-state index < -0.39 is 0 Å². The Morgan fingerprint density at radius 3 is 1.53 bits per heavy atom. The van der Waals surface area contributed by atoms with Crippen LogP contribution in [0.2, 0.25) is 0 Å². The van der Waals surface area contributed by atoms with Crippen LogP contribution in [0.15, 0.2) is 78.9 Å². The molecular formula is C28H36O2. The molecule has 0 aliphatic rings. The first-order valence-corrected chi connectivity index (χ1v) is 10.8. The third kappa shape index (κ3) is 6.74. The van der Waals surface area contributed by atoms with Gasteiger partial charge in [-0.3, -0.25) is 0 Å². The summed E-state index contributed by atoms with van der Waals surface area (Å²) >= 11 is 0. The predicted molar refractivity (Wildman–Crippen MR) is 127 cm³/mol. The number of hydrogen-bond acceptors (Lipinski definition) is 2. The summed E-state index contributed by atoms with van der Waals surface area (Å²) in [5.41, 5.74) is 4.77. The van der Waals surface area contributed by atoms with Gasteiger partial charge in [0.2, 0.25) is 0 Å². The first kappa shape index (κ1) is 23.7. The Balaban J connectivity index is 0.000000232. The smallest absolute Gasteiger partial charge is 0.126 e. The number of aliphatic hydroxyl groups is 1. The zero-order valence-corrected chi connectivity index (χ0v) is 19.2. The van der Waals surface area contributed by atoms with Gasteiger partial charge >= 0.3 is 0 Å². The van der Waals surface area contributed by atoms with Crippen LogP contribution in [0.4, 0.5) is 0 Å². The van der Waals surface area contributed by atoms with Crippen molar-refractivity contribution in [3.05, 3.63) is 101 Å². The van der Waals surface area contributed by atoms with Crippen LogP contribution in [0.3, 0.4) is 0 Å². The number of ether oxygens (including phenoxy) is 1. The molecule has 0 saturated heterocycles. The van der Waals surface area contributed by atoms with Gasteiger partial charge in [-0.2, -0.15) is 0 Å². The third-order valence-electron chi connectivity index (χ3n) is 5.25. The van der Waals surface area contributed by atoms with Gasteiger partial charge in [0.15, 0.2) is 0 Å². The van der Waals surface area contributed by atoms with Crippen LogP contribution >= 0.6 is 0 Å². The first-order valence-electron chi connectivity index (χ1n) is 10.8. The lowest BCUT2D eigenvalue weighted by atomic mass is 9.95. The maximum Gasteiger partial charge on any atom is 0.126 e. The normalized spacial score (nSPS) is 12.8. The minimum absolute atomic E-state index is 0.105. The van der Waals surface area contributed by atoms with Gasteiger partial charge in [0.25, 0.3) is 0 Å². The van der Waals surface area contributed by atoms with Crippen molar-refractivity contribution in [2.45, 2.75) is 53.8 Å². The summed E-state index contributed by atoms with van der Waals surface area (Å²) in [5.74, 6) is 1.65. The number of para-hydroxylation sites is 1. The van der Waals surface area contributed by atoms with Gasteiger partial charge in [-0.05, 0) is 60.1 Å². The quantitative estimate of drug-likeness (QED) is 0.462. The van der Waals surface area contributed by atoms with Gasteiger partial charge < -0.3 is 9.84 Å². The molecule has 160 valence electrons. The highest BCUT2D eigenvalue weighted by Crippen LogP contribution is 2.30. The van der Waals surface area contributed by atoms with Crippen LogP contribution in [-0.4, -0.2) is 5.11 Å². The monoisotopic (exact) mass is 404 g/mol. The van der Waals surface area contributed by atoms with Crippen molar-refractivity contribution < 1.29 is 9.84 Å². The molecule has 3 aromatic carbocycles. The molecule has 0 bridgehead atoms. The maximum absolute atomic E-state index is 9.78. The Bertz CT molecular complexity index is 884. The Morgan fingerprint density at radius 1 is 0.600 bits per heavy atom. The summed E-state index contributed by atoms with van der Waals surface area (Å²) in [5, 5.41) is 9.78. The molecule has 0 aromatic heterocycles. The minimum Gasteiger partial charge on any atom is -0.485 e. The van der Waals surface area contributed by atoms with Crippen molar-refractivity contribution in [1.82, 2.24) is 0 Å². The molecule has 3 aromatic rings. The highest BCUT2D eigenvalue weighted by atomic mass is 16.5. The van der Waals surface area contributed by atoms with Crippen LogP contribution in [0.25, 0.3) is 0 Å². The van der Waals surface area contributed by atoms with Crippen LogP contribution in [0, 0.1) is 25.7 Å². The zero-order valence-electron chi connectivity index (χ0n) is 19.2.